The summed E-state index contributed by atoms with van der Waals surface area (Å²) in [4.78, 5) is 22.8. The Morgan fingerprint density at radius 3 is 2.67 bits per heavy atom. The monoisotopic (exact) mass is 395 g/mol. The minimum absolute atomic E-state index is 0.0908. The first kappa shape index (κ1) is 21.5. The van der Waals surface area contributed by atoms with Crippen molar-refractivity contribution in [3.8, 4) is 0 Å². The summed E-state index contributed by atoms with van der Waals surface area (Å²) in [6.07, 6.45) is 2.38. The zero-order chi connectivity index (χ0) is 19.9. The molecule has 0 unspecified atom stereocenters. The van der Waals surface area contributed by atoms with Crippen LogP contribution in [-0.2, 0) is 16.6 Å². The predicted molar refractivity (Wildman–Crippen MR) is 111 cm³/mol. The van der Waals surface area contributed by atoms with Crippen molar-refractivity contribution in [2.75, 3.05) is 33.3 Å². The third kappa shape index (κ3) is 6.68. The highest BCUT2D eigenvalue weighted by Crippen LogP contribution is 2.24. The molecule has 1 aromatic rings. The Morgan fingerprint density at radius 2 is 2.11 bits per heavy atom. The minimum atomic E-state index is -0.243. The molecular formula is C19H33N5O2S. The van der Waals surface area contributed by atoms with Gasteiger partial charge in [0.05, 0.1) is 17.8 Å². The molecule has 1 aliphatic heterocycles. The van der Waals surface area contributed by atoms with Gasteiger partial charge in [-0.05, 0) is 19.8 Å². The van der Waals surface area contributed by atoms with Crippen LogP contribution in [-0.4, -0.2) is 61.3 Å². The van der Waals surface area contributed by atoms with E-state index >= 15 is 0 Å². The molecule has 1 aromatic heterocycles. The number of aliphatic imine (C=N–C) groups is 1. The molecule has 2 N–H and O–H groups in total. The van der Waals surface area contributed by atoms with E-state index in [1.165, 1.54) is 7.11 Å². The number of likely N-dealkylation sites (tertiary alicyclic amines) is 1. The first-order valence-corrected chi connectivity index (χ1v) is 10.5. The number of carbonyl (C=O) groups is 1. The van der Waals surface area contributed by atoms with E-state index in [9.17, 15) is 4.79 Å². The number of methoxy groups -OCH3 is 1. The number of aromatic nitrogens is 1. The molecule has 0 bridgehead atoms. The van der Waals surface area contributed by atoms with Crippen LogP contribution in [0.3, 0.4) is 0 Å². The lowest BCUT2D eigenvalue weighted by atomic mass is 9.93. The Labute approximate surface area is 166 Å². The molecular weight excluding hydrogens is 362 g/mol. The molecule has 152 valence electrons. The number of ether oxygens (including phenoxy) is 1. The highest BCUT2D eigenvalue weighted by atomic mass is 32.1. The lowest BCUT2D eigenvalue weighted by Crippen LogP contribution is -2.49. The third-order valence-corrected chi connectivity index (χ3v) is 5.44. The summed E-state index contributed by atoms with van der Waals surface area (Å²) in [7, 11) is 1.43. The molecule has 0 spiro atoms. The van der Waals surface area contributed by atoms with Crippen molar-refractivity contribution in [3.63, 3.8) is 0 Å². The number of thiazole rings is 1. The van der Waals surface area contributed by atoms with E-state index in [4.69, 9.17) is 14.7 Å². The minimum Gasteiger partial charge on any atom is -0.453 e. The van der Waals surface area contributed by atoms with Gasteiger partial charge in [-0.3, -0.25) is 4.99 Å². The van der Waals surface area contributed by atoms with Gasteiger partial charge in [0.15, 0.2) is 5.96 Å². The number of nitrogens with one attached hydrogen (secondary N) is 2. The predicted octanol–water partition coefficient (Wildman–Crippen LogP) is 2.77. The Hall–Kier alpha value is -1.83. The first-order chi connectivity index (χ1) is 12.8. The molecule has 0 radical (unpaired) electrons. The fourth-order valence-corrected chi connectivity index (χ4v) is 3.90. The maximum absolute atomic E-state index is 11.6. The van der Waals surface area contributed by atoms with Crippen molar-refractivity contribution in [2.24, 2.45) is 4.99 Å². The molecule has 2 heterocycles. The zero-order valence-corrected chi connectivity index (χ0v) is 18.0. The van der Waals surface area contributed by atoms with Crippen LogP contribution in [0, 0.1) is 0 Å². The summed E-state index contributed by atoms with van der Waals surface area (Å²) < 4.78 is 4.79. The van der Waals surface area contributed by atoms with Gasteiger partial charge in [0.2, 0.25) is 0 Å². The Morgan fingerprint density at radius 1 is 1.41 bits per heavy atom. The number of hydrogen-bond acceptors (Lipinski definition) is 5. The summed E-state index contributed by atoms with van der Waals surface area (Å²) in [5.41, 5.74) is 1.24. The van der Waals surface area contributed by atoms with E-state index in [0.717, 1.165) is 42.5 Å². The normalized spacial score (nSPS) is 16.3. The van der Waals surface area contributed by atoms with Gasteiger partial charge >= 0.3 is 6.09 Å². The smallest absolute Gasteiger partial charge is 0.409 e. The Balaban J connectivity index is 1.84. The molecule has 2 rings (SSSR count). The number of amides is 1. The molecule has 0 aliphatic carbocycles. The van der Waals surface area contributed by atoms with Gasteiger partial charge < -0.3 is 20.3 Å². The van der Waals surface area contributed by atoms with E-state index in [-0.39, 0.29) is 11.5 Å². The highest BCUT2D eigenvalue weighted by Gasteiger charge is 2.23. The van der Waals surface area contributed by atoms with Crippen LogP contribution >= 0.6 is 11.3 Å². The molecule has 1 saturated heterocycles. The van der Waals surface area contributed by atoms with Crippen LogP contribution in [0.25, 0.3) is 0 Å². The van der Waals surface area contributed by atoms with Crippen LogP contribution in [0.1, 0.15) is 51.2 Å². The van der Waals surface area contributed by atoms with E-state index in [0.29, 0.717) is 25.7 Å². The van der Waals surface area contributed by atoms with Crippen molar-refractivity contribution in [1.82, 2.24) is 20.5 Å². The zero-order valence-electron chi connectivity index (χ0n) is 17.2. The molecule has 7 nitrogen and oxygen atoms in total. The molecule has 0 atom stereocenters. The average molecular weight is 396 g/mol. The average Bonchev–Trinajstić information content (AvgIpc) is 3.11. The summed E-state index contributed by atoms with van der Waals surface area (Å²) >= 11 is 1.71. The number of nitrogens with zero attached hydrogens (tertiary/aromatic N) is 3. The topological polar surface area (TPSA) is 78.9 Å². The van der Waals surface area contributed by atoms with Crippen LogP contribution in [0.5, 0.6) is 0 Å². The second-order valence-corrected chi connectivity index (χ2v) is 8.71. The molecule has 27 heavy (non-hydrogen) atoms. The van der Waals surface area contributed by atoms with Crippen LogP contribution in [0.4, 0.5) is 4.79 Å². The molecule has 1 fully saturated rings. The molecule has 1 aliphatic rings. The number of piperidine rings is 1. The van der Waals surface area contributed by atoms with Gasteiger partial charge in [0.1, 0.15) is 0 Å². The standard InChI is InChI=1S/C19H33N5O2S/c1-6-20-17(22-14-8-11-24(12-9-14)18(25)26-5)21-10-7-16-23-15(13-27-16)19(2,3)4/h13-14H,6-12H2,1-5H3,(H2,20,21,22). The third-order valence-electron chi connectivity index (χ3n) is 4.53. The summed E-state index contributed by atoms with van der Waals surface area (Å²) in [6, 6.07) is 0.316. The number of carbonyl (C=O) groups excluding carboxylic acids is 1. The maximum Gasteiger partial charge on any atom is 0.409 e. The molecule has 8 heteroatoms. The second kappa shape index (κ2) is 9.92. The van der Waals surface area contributed by atoms with E-state index < -0.39 is 0 Å². The molecule has 0 aromatic carbocycles. The number of rotatable bonds is 5. The van der Waals surface area contributed by atoms with Crippen molar-refractivity contribution in [3.05, 3.63) is 16.1 Å². The number of guanidine groups is 1. The SMILES string of the molecule is CCNC(=NCCc1nc(C(C)(C)C)cs1)NC1CCN(C(=O)OC)CC1. The van der Waals surface area contributed by atoms with Crippen LogP contribution < -0.4 is 10.6 Å². The molecule has 0 saturated carbocycles. The quantitative estimate of drug-likeness (QED) is 0.592. The van der Waals surface area contributed by atoms with E-state index in [1.807, 2.05) is 0 Å². The van der Waals surface area contributed by atoms with Crippen LogP contribution in [0.15, 0.2) is 10.4 Å². The lowest BCUT2D eigenvalue weighted by molar-refractivity contribution is 0.111. The van der Waals surface area contributed by atoms with Crippen LogP contribution in [0.2, 0.25) is 0 Å². The summed E-state index contributed by atoms with van der Waals surface area (Å²) in [5.74, 6) is 0.835. The van der Waals surface area contributed by atoms with E-state index in [2.05, 4.69) is 43.7 Å². The van der Waals surface area contributed by atoms with Gasteiger partial charge in [-0.15, -0.1) is 11.3 Å². The fraction of sp³-hybridized carbons (Fsp3) is 0.737. The Bertz CT molecular complexity index is 630. The Kier molecular flexibility index (Phi) is 7.89. The van der Waals surface area contributed by atoms with Crippen molar-refractivity contribution < 1.29 is 9.53 Å². The number of hydrogen-bond donors (Lipinski definition) is 2. The van der Waals surface area contributed by atoms with E-state index in [1.54, 1.807) is 16.2 Å². The maximum atomic E-state index is 11.6. The van der Waals surface area contributed by atoms with Gasteiger partial charge in [0, 0.05) is 49.4 Å². The highest BCUT2D eigenvalue weighted by molar-refractivity contribution is 7.09. The fourth-order valence-electron chi connectivity index (χ4n) is 2.88. The van der Waals surface area contributed by atoms with Gasteiger partial charge in [-0.2, -0.15) is 0 Å². The lowest BCUT2D eigenvalue weighted by Gasteiger charge is -2.32. The second-order valence-electron chi connectivity index (χ2n) is 7.76. The molecule has 1 amide bonds. The van der Waals surface area contributed by atoms with Gasteiger partial charge in [-0.25, -0.2) is 9.78 Å². The van der Waals surface area contributed by atoms with Crippen molar-refractivity contribution >= 4 is 23.4 Å². The van der Waals surface area contributed by atoms with Gasteiger partial charge in [0.25, 0.3) is 0 Å². The van der Waals surface area contributed by atoms with Gasteiger partial charge in [-0.1, -0.05) is 20.8 Å². The summed E-state index contributed by atoms with van der Waals surface area (Å²) in [5, 5.41) is 10.1. The van der Waals surface area contributed by atoms with Crippen molar-refractivity contribution in [1.29, 1.82) is 0 Å². The van der Waals surface area contributed by atoms with Crippen molar-refractivity contribution in [2.45, 2.75) is 58.4 Å². The largest absolute Gasteiger partial charge is 0.453 e. The summed E-state index contributed by atoms with van der Waals surface area (Å²) in [6.45, 7) is 11.5. The first-order valence-electron chi connectivity index (χ1n) is 9.66.